The van der Waals surface area contributed by atoms with Gasteiger partial charge in [-0.15, -0.1) is 0 Å². The van der Waals surface area contributed by atoms with E-state index >= 15 is 0 Å². The topological polar surface area (TPSA) is 70.6 Å². The molecule has 0 saturated carbocycles. The van der Waals surface area contributed by atoms with Crippen LogP contribution in [-0.2, 0) is 4.79 Å². The van der Waals surface area contributed by atoms with E-state index < -0.39 is 0 Å². The maximum atomic E-state index is 12.0. The van der Waals surface area contributed by atoms with Crippen molar-refractivity contribution in [3.63, 3.8) is 0 Å². The highest BCUT2D eigenvalue weighted by Crippen LogP contribution is 2.06. The normalized spacial score (nSPS) is 10.5. The van der Waals surface area contributed by atoms with E-state index in [1.807, 2.05) is 50.2 Å². The van der Waals surface area contributed by atoms with Crippen LogP contribution in [0.2, 0.25) is 0 Å². The number of nitrogens with one attached hydrogen (secondary N) is 2. The van der Waals surface area contributed by atoms with Crippen molar-refractivity contribution in [2.45, 2.75) is 13.8 Å². The molecule has 0 aromatic heterocycles. The zero-order chi connectivity index (χ0) is 16.7. The molecule has 0 radical (unpaired) electrons. The smallest absolute Gasteiger partial charge is 0.259 e. The number of carbonyl (C=O) groups excluding carboxylic acids is 2. The molecular formula is C18H19N3O2. The van der Waals surface area contributed by atoms with Crippen molar-refractivity contribution in [1.29, 1.82) is 0 Å². The van der Waals surface area contributed by atoms with Crippen LogP contribution in [-0.4, -0.2) is 24.6 Å². The molecule has 2 rings (SSSR count). The van der Waals surface area contributed by atoms with Gasteiger partial charge in [0, 0.05) is 5.56 Å². The van der Waals surface area contributed by atoms with Crippen molar-refractivity contribution < 1.29 is 9.59 Å². The first-order chi connectivity index (χ1) is 11.1. The van der Waals surface area contributed by atoms with Crippen LogP contribution >= 0.6 is 0 Å². The van der Waals surface area contributed by atoms with E-state index in [0.717, 1.165) is 16.7 Å². The summed E-state index contributed by atoms with van der Waals surface area (Å²) >= 11 is 0. The fourth-order valence-electron chi connectivity index (χ4n) is 1.95. The first kappa shape index (κ1) is 16.4. The maximum Gasteiger partial charge on any atom is 0.259 e. The molecule has 0 fully saturated rings. The molecule has 5 nitrogen and oxygen atoms in total. The number of hydrogen-bond donors (Lipinski definition) is 2. The van der Waals surface area contributed by atoms with Crippen molar-refractivity contribution >= 4 is 18.0 Å². The number of aryl methyl sites for hydroxylation is 2. The zero-order valence-corrected chi connectivity index (χ0v) is 13.2. The Labute approximate surface area is 135 Å². The molecule has 0 saturated heterocycles. The highest BCUT2D eigenvalue weighted by molar-refractivity contribution is 5.97. The Bertz CT molecular complexity index is 721. The summed E-state index contributed by atoms with van der Waals surface area (Å²) < 4.78 is 0. The molecule has 23 heavy (non-hydrogen) atoms. The Morgan fingerprint density at radius 2 is 1.74 bits per heavy atom. The second-order valence-electron chi connectivity index (χ2n) is 5.20. The number of hydrogen-bond acceptors (Lipinski definition) is 3. The second-order valence-corrected chi connectivity index (χ2v) is 5.20. The fraction of sp³-hybridized carbons (Fsp3) is 0.167. The number of nitrogens with zero attached hydrogens (tertiary/aromatic N) is 1. The molecule has 5 heteroatoms. The molecule has 0 aliphatic carbocycles. The van der Waals surface area contributed by atoms with Crippen molar-refractivity contribution in [3.8, 4) is 0 Å². The second kappa shape index (κ2) is 7.89. The van der Waals surface area contributed by atoms with Crippen LogP contribution in [0.4, 0.5) is 0 Å². The number of benzene rings is 2. The fourth-order valence-corrected chi connectivity index (χ4v) is 1.95. The van der Waals surface area contributed by atoms with Gasteiger partial charge < -0.3 is 5.32 Å². The first-order valence-corrected chi connectivity index (χ1v) is 7.28. The van der Waals surface area contributed by atoms with Gasteiger partial charge in [0.15, 0.2) is 0 Å². The zero-order valence-electron chi connectivity index (χ0n) is 13.2. The Morgan fingerprint density at radius 3 is 2.43 bits per heavy atom. The predicted octanol–water partition coefficient (Wildman–Crippen LogP) is 2.18. The molecule has 118 valence electrons. The van der Waals surface area contributed by atoms with Gasteiger partial charge in [-0.2, -0.15) is 5.10 Å². The van der Waals surface area contributed by atoms with E-state index in [4.69, 9.17) is 0 Å². The van der Waals surface area contributed by atoms with Gasteiger partial charge >= 0.3 is 0 Å². The lowest BCUT2D eigenvalue weighted by molar-refractivity contribution is -0.120. The largest absolute Gasteiger partial charge is 0.343 e. The lowest BCUT2D eigenvalue weighted by atomic mass is 10.1. The number of hydrazone groups is 1. The van der Waals surface area contributed by atoms with Crippen molar-refractivity contribution in [1.82, 2.24) is 10.7 Å². The maximum absolute atomic E-state index is 12.0. The van der Waals surface area contributed by atoms with Crippen molar-refractivity contribution in [3.05, 3.63) is 70.8 Å². The van der Waals surface area contributed by atoms with Gasteiger partial charge in [0.1, 0.15) is 0 Å². The summed E-state index contributed by atoms with van der Waals surface area (Å²) in [4.78, 5) is 23.6. The molecule has 0 atom stereocenters. The van der Waals surface area contributed by atoms with Crippen LogP contribution in [0, 0.1) is 13.8 Å². The van der Waals surface area contributed by atoms with Gasteiger partial charge in [-0.1, -0.05) is 48.0 Å². The Hall–Kier alpha value is -2.95. The van der Waals surface area contributed by atoms with Gasteiger partial charge in [-0.3, -0.25) is 9.59 Å². The Morgan fingerprint density at radius 1 is 1.04 bits per heavy atom. The lowest BCUT2D eigenvalue weighted by Gasteiger charge is -2.06. The lowest BCUT2D eigenvalue weighted by Crippen LogP contribution is -2.35. The van der Waals surface area contributed by atoms with E-state index in [-0.39, 0.29) is 18.4 Å². The van der Waals surface area contributed by atoms with Crippen LogP contribution in [0.1, 0.15) is 27.0 Å². The molecule has 0 bridgehead atoms. The number of rotatable bonds is 5. The summed E-state index contributed by atoms with van der Waals surface area (Å²) in [7, 11) is 0. The third kappa shape index (κ3) is 5.07. The van der Waals surface area contributed by atoms with Gasteiger partial charge in [0.25, 0.3) is 11.8 Å². The van der Waals surface area contributed by atoms with Crippen molar-refractivity contribution in [2.75, 3.05) is 6.54 Å². The SMILES string of the molecule is Cc1ccc(/C=N/NC(=O)CNC(=O)c2ccccc2C)cc1. The van der Waals surface area contributed by atoms with E-state index in [9.17, 15) is 9.59 Å². The minimum Gasteiger partial charge on any atom is -0.343 e. The molecule has 0 heterocycles. The molecule has 2 N–H and O–H groups in total. The van der Waals surface area contributed by atoms with Crippen LogP contribution in [0.5, 0.6) is 0 Å². The standard InChI is InChI=1S/C18H19N3O2/c1-13-7-9-15(10-8-13)11-20-21-17(22)12-19-18(23)16-6-4-3-5-14(16)2/h3-11H,12H2,1-2H3,(H,19,23)(H,21,22)/b20-11+. The molecule has 0 unspecified atom stereocenters. The van der Waals surface area contributed by atoms with Crippen molar-refractivity contribution in [2.24, 2.45) is 5.10 Å². The minimum absolute atomic E-state index is 0.127. The Kier molecular flexibility index (Phi) is 5.63. The van der Waals surface area contributed by atoms with Crippen LogP contribution < -0.4 is 10.7 Å². The number of amides is 2. The van der Waals surface area contributed by atoms with E-state index in [1.165, 1.54) is 0 Å². The van der Waals surface area contributed by atoms with Gasteiger partial charge in [0.2, 0.25) is 0 Å². The Balaban J connectivity index is 1.80. The molecule has 2 amide bonds. The summed E-state index contributed by atoms with van der Waals surface area (Å²) in [6.45, 7) is 3.72. The molecule has 0 spiro atoms. The summed E-state index contributed by atoms with van der Waals surface area (Å²) in [5.74, 6) is -0.656. The van der Waals surface area contributed by atoms with E-state index in [1.54, 1.807) is 18.3 Å². The monoisotopic (exact) mass is 309 g/mol. The summed E-state index contributed by atoms with van der Waals surface area (Å²) in [5, 5.41) is 6.43. The minimum atomic E-state index is -0.379. The molecule has 0 aliphatic rings. The van der Waals surface area contributed by atoms with E-state index in [0.29, 0.717) is 5.56 Å². The van der Waals surface area contributed by atoms with Gasteiger partial charge in [0.05, 0.1) is 12.8 Å². The quantitative estimate of drug-likeness (QED) is 0.656. The third-order valence-electron chi connectivity index (χ3n) is 3.28. The number of carbonyl (C=O) groups is 2. The summed E-state index contributed by atoms with van der Waals surface area (Å²) in [6, 6.07) is 15.0. The third-order valence-corrected chi connectivity index (χ3v) is 3.28. The van der Waals surface area contributed by atoms with Gasteiger partial charge in [-0.25, -0.2) is 5.43 Å². The van der Waals surface area contributed by atoms with Crippen LogP contribution in [0.3, 0.4) is 0 Å². The summed E-state index contributed by atoms with van der Waals surface area (Å²) in [5.41, 5.74) is 5.85. The van der Waals surface area contributed by atoms with Gasteiger partial charge in [-0.05, 0) is 31.0 Å². The summed E-state index contributed by atoms with van der Waals surface area (Å²) in [6.07, 6.45) is 1.56. The molecule has 0 aliphatic heterocycles. The first-order valence-electron chi connectivity index (χ1n) is 7.28. The highest BCUT2D eigenvalue weighted by atomic mass is 16.2. The molecule has 2 aromatic rings. The molecular weight excluding hydrogens is 290 g/mol. The highest BCUT2D eigenvalue weighted by Gasteiger charge is 2.09. The van der Waals surface area contributed by atoms with Crippen LogP contribution in [0.25, 0.3) is 0 Å². The average Bonchev–Trinajstić information content (AvgIpc) is 2.55. The molecule has 2 aromatic carbocycles. The van der Waals surface area contributed by atoms with Crippen LogP contribution in [0.15, 0.2) is 53.6 Å². The predicted molar refractivity (Wildman–Crippen MR) is 90.4 cm³/mol. The average molecular weight is 309 g/mol. The van der Waals surface area contributed by atoms with E-state index in [2.05, 4.69) is 15.8 Å².